The van der Waals surface area contributed by atoms with Crippen molar-refractivity contribution in [1.29, 1.82) is 0 Å². The van der Waals surface area contributed by atoms with Crippen LogP contribution in [0.5, 0.6) is 0 Å². The van der Waals surface area contributed by atoms with Crippen LogP contribution in [0.2, 0.25) is 0 Å². The van der Waals surface area contributed by atoms with Crippen molar-refractivity contribution in [2.24, 2.45) is 28.8 Å². The van der Waals surface area contributed by atoms with Crippen molar-refractivity contribution >= 4 is 40.7 Å². The smallest absolute Gasteiger partial charge is 0.407 e. The normalized spacial score (nSPS) is 38.2. The van der Waals surface area contributed by atoms with Crippen LogP contribution in [0.3, 0.4) is 0 Å². The van der Waals surface area contributed by atoms with E-state index in [4.69, 9.17) is 37.9 Å². The van der Waals surface area contributed by atoms with E-state index in [2.05, 4.69) is 10.5 Å². The number of hydrogen-bond donors (Lipinski definition) is 6. The van der Waals surface area contributed by atoms with Gasteiger partial charge in [-0.15, -0.1) is 11.8 Å². The van der Waals surface area contributed by atoms with Gasteiger partial charge in [-0.3, -0.25) is 9.59 Å². The van der Waals surface area contributed by atoms with Gasteiger partial charge in [0.25, 0.3) is 0 Å². The summed E-state index contributed by atoms with van der Waals surface area (Å²) >= 11 is 1.47. The summed E-state index contributed by atoms with van der Waals surface area (Å²) in [6.45, 7) is 17.6. The number of alkyl carbamates (subject to hydrolysis) is 1. The van der Waals surface area contributed by atoms with Crippen molar-refractivity contribution in [1.82, 2.24) is 14.8 Å². The number of aromatic nitrogens is 1. The van der Waals surface area contributed by atoms with E-state index in [1.165, 1.54) is 38.9 Å². The molecule has 3 fully saturated rings. The number of amides is 1. The van der Waals surface area contributed by atoms with Crippen LogP contribution in [-0.4, -0.2) is 190 Å². The van der Waals surface area contributed by atoms with Gasteiger partial charge in [-0.25, -0.2) is 9.59 Å². The zero-order valence-corrected chi connectivity index (χ0v) is 47.7. The Bertz CT molecular complexity index is 2440. The number of benzene rings is 1. The minimum atomic E-state index is -2.04. The van der Waals surface area contributed by atoms with Crippen molar-refractivity contribution < 1.29 is 77.8 Å². The molecule has 4 aliphatic rings. The van der Waals surface area contributed by atoms with Crippen LogP contribution in [0.4, 0.5) is 4.79 Å². The lowest BCUT2D eigenvalue weighted by atomic mass is 9.72. The Morgan fingerprint density at radius 1 is 0.974 bits per heavy atom. The maximum atomic E-state index is 14.5. The van der Waals surface area contributed by atoms with Gasteiger partial charge in [0.15, 0.2) is 18.7 Å². The van der Waals surface area contributed by atoms with E-state index in [0.717, 1.165) is 16.0 Å². The van der Waals surface area contributed by atoms with Gasteiger partial charge in [-0.05, 0) is 105 Å². The number of nitrogens with one attached hydrogen (secondary N) is 1. The number of ether oxygens (including phenoxy) is 8. The number of carbonyl (C=O) groups excluding carboxylic acids is 2. The van der Waals surface area contributed by atoms with Crippen molar-refractivity contribution in [3.8, 4) is 0 Å². The first-order valence-corrected chi connectivity index (χ1v) is 27.8. The summed E-state index contributed by atoms with van der Waals surface area (Å²) in [7, 11) is 5.12. The molecule has 0 saturated carbocycles. The first-order valence-electron chi connectivity index (χ1n) is 26.9. The number of aliphatic hydroxyl groups is 4. The van der Waals surface area contributed by atoms with Gasteiger partial charge < -0.3 is 78.2 Å². The molecule has 2 unspecified atom stereocenters. The fraction of sp³-hybridized carbons (Fsp3) is 0.778. The standard InChI is InChI=1S/C54H84N4O18S/c1-14-38-54(10,67)45(61)29(4)40(56-68)27(2)24-52(8,66)46(75-50-43(60)37(57(11)12)21-28(3)71-50)30(5)44(31(6)49(64)73-38)74-39-25-53(9,69-13)47(32(7)72-39)76-51(65)55-16-18-70-19-20-77-34-22-33-15-17-58-26-36(48(62)63)42(59)35(23-34)41(33)58/h22-23,26-32,37-40,43-47,50,60-61,66-67H,14-21,24-25H2,1-13H3,(H,55,65)(H,62,63)/t27-,28-,29+,30+,31-,32+,37+,38-,39+,40?,43-,44+,45-,46-,47+,50?,52-,53-,54-/m1/s1. The Hall–Kier alpha value is -3.85. The van der Waals surface area contributed by atoms with E-state index in [-0.39, 0.29) is 50.1 Å². The fourth-order valence-electron chi connectivity index (χ4n) is 12.1. The zero-order chi connectivity index (χ0) is 57.1. The third-order valence-electron chi connectivity index (χ3n) is 16.5. The lowest BCUT2D eigenvalue weighted by Crippen LogP contribution is -2.61. The number of methoxy groups -OCH3 is 1. The van der Waals surface area contributed by atoms with Crippen LogP contribution in [-0.2, 0) is 55.7 Å². The summed E-state index contributed by atoms with van der Waals surface area (Å²) in [6.07, 6.45) is -9.31. The number of carboxylic acid groups (broad SMARTS) is 1. The van der Waals surface area contributed by atoms with Crippen molar-refractivity contribution in [2.75, 3.05) is 46.7 Å². The summed E-state index contributed by atoms with van der Waals surface area (Å²) < 4.78 is 51.9. The predicted molar refractivity (Wildman–Crippen MR) is 284 cm³/mol. The summed E-state index contributed by atoms with van der Waals surface area (Å²) in [6, 6.07) is 2.22. The molecule has 4 aliphatic heterocycles. The second kappa shape index (κ2) is 25.7. The molecule has 0 radical (unpaired) electrons. The van der Waals surface area contributed by atoms with E-state index in [0.29, 0.717) is 37.1 Å². The van der Waals surface area contributed by atoms with Crippen molar-refractivity contribution in [3.05, 3.63) is 44.6 Å². The highest BCUT2D eigenvalue weighted by Gasteiger charge is 2.55. The third-order valence-corrected chi connectivity index (χ3v) is 17.4. The van der Waals surface area contributed by atoms with Gasteiger partial charge in [0.1, 0.15) is 29.0 Å². The van der Waals surface area contributed by atoms with E-state index in [9.17, 15) is 49.6 Å². The molecule has 6 N–H and O–H groups in total. The molecule has 5 heterocycles. The van der Waals surface area contributed by atoms with Crippen molar-refractivity contribution in [2.45, 2.75) is 203 Å². The summed E-state index contributed by atoms with van der Waals surface area (Å²) in [5.41, 5.74) is -4.15. The maximum absolute atomic E-state index is 14.5. The van der Waals surface area contributed by atoms with E-state index >= 15 is 0 Å². The van der Waals surface area contributed by atoms with Crippen LogP contribution >= 0.6 is 11.8 Å². The van der Waals surface area contributed by atoms with E-state index in [1.807, 2.05) is 36.6 Å². The van der Waals surface area contributed by atoms with Crippen LogP contribution in [0.15, 0.2) is 33.2 Å². The predicted octanol–water partition coefficient (Wildman–Crippen LogP) is 4.46. The quantitative estimate of drug-likeness (QED) is 0.0551. The van der Waals surface area contributed by atoms with Gasteiger partial charge in [-0.1, -0.05) is 32.9 Å². The van der Waals surface area contributed by atoms with E-state index < -0.39 is 125 Å². The lowest BCUT2D eigenvalue weighted by Gasteiger charge is -2.49. The Labute approximate surface area is 455 Å². The average molecular weight is 1110 g/mol. The molecule has 23 heteroatoms. The summed E-state index contributed by atoms with van der Waals surface area (Å²) in [4.78, 5) is 67.9. The Morgan fingerprint density at radius 3 is 2.31 bits per heavy atom. The highest BCUT2D eigenvalue weighted by molar-refractivity contribution is 7.99. The molecule has 77 heavy (non-hydrogen) atoms. The molecule has 0 bridgehead atoms. The van der Waals surface area contributed by atoms with Crippen LogP contribution in [0.1, 0.15) is 111 Å². The number of cyclic esters (lactones) is 1. The minimum absolute atomic E-state index is 0.0262. The van der Waals surface area contributed by atoms with Crippen LogP contribution < -0.4 is 10.7 Å². The van der Waals surface area contributed by atoms with E-state index in [1.54, 1.807) is 54.5 Å². The molecule has 1 aromatic heterocycles. The Balaban J connectivity index is 1.16. The zero-order valence-electron chi connectivity index (χ0n) is 46.8. The van der Waals surface area contributed by atoms with Crippen molar-refractivity contribution in [3.63, 3.8) is 0 Å². The first-order chi connectivity index (χ1) is 36.1. The summed E-state index contributed by atoms with van der Waals surface area (Å²) in [5.74, 6) is -5.32. The fourth-order valence-corrected chi connectivity index (χ4v) is 13.0. The van der Waals surface area contributed by atoms with Gasteiger partial charge in [0.05, 0.1) is 66.8 Å². The number of pyridine rings is 1. The molecule has 434 valence electrons. The Kier molecular flexibility index (Phi) is 20.8. The minimum Gasteiger partial charge on any atom is -0.477 e. The summed E-state index contributed by atoms with van der Waals surface area (Å²) in [5, 5.41) is 64.0. The van der Waals surface area contributed by atoms with Gasteiger partial charge in [0.2, 0.25) is 5.43 Å². The molecule has 6 rings (SSSR count). The molecule has 2 aromatic rings. The monoisotopic (exact) mass is 1110 g/mol. The second-order valence-electron chi connectivity index (χ2n) is 22.7. The number of rotatable bonds is 17. The molecule has 0 aliphatic carbocycles. The number of nitroso groups, excluding NO2 is 1. The number of aliphatic hydroxyl groups excluding tert-OH is 2. The first kappa shape index (κ1) is 62.3. The van der Waals surface area contributed by atoms with Gasteiger partial charge in [-0.2, -0.15) is 4.91 Å². The van der Waals surface area contributed by atoms with Crippen LogP contribution in [0.25, 0.3) is 10.9 Å². The number of carbonyl (C=O) groups is 3. The molecule has 0 spiro atoms. The second-order valence-corrected chi connectivity index (χ2v) is 23.8. The number of esters is 1. The highest BCUT2D eigenvalue weighted by atomic mass is 32.2. The molecular weight excluding hydrogens is 1020 g/mol. The molecule has 3 saturated heterocycles. The SMILES string of the molecule is CC[C@H]1OC(=O)[C@H](C)[C@@H](O[C@H]2C[C@@](C)(OC)[C@@H](OC(=O)NCCOCCSc3cc4c5c(c3)c(=O)c(C(=O)O)cn5CC4)[C@H](C)O2)[C@H](C)[C@@H](OC2O[C@H](C)C[C@H](N(C)C)[C@H]2O)[C@](C)(O)C[C@@H](C)C(N=O)[C@H](C)[C@@H](O)[C@]1(C)O. The highest BCUT2D eigenvalue weighted by Crippen LogP contribution is 2.42. The third kappa shape index (κ3) is 13.8. The molecule has 22 nitrogen and oxygen atoms in total. The van der Waals surface area contributed by atoms with Gasteiger partial charge >= 0.3 is 18.0 Å². The molecule has 1 aromatic carbocycles. The average Bonchev–Trinajstić information content (AvgIpc) is 3.78. The number of likely N-dealkylation sites (N-methyl/N-ethyl adjacent to an activating group) is 1. The number of aromatic carboxylic acids is 1. The van der Waals surface area contributed by atoms with Crippen LogP contribution in [0, 0.1) is 28.6 Å². The molecule has 1 amide bonds. The largest absolute Gasteiger partial charge is 0.477 e. The molecular formula is C54H84N4O18S. The van der Waals surface area contributed by atoms with Gasteiger partial charge in [0, 0.05) is 66.7 Å². The Morgan fingerprint density at radius 2 is 1.68 bits per heavy atom. The number of thioether (sulfide) groups is 1. The number of hydrogen-bond acceptors (Lipinski definition) is 20. The number of carboxylic acids is 1. The maximum Gasteiger partial charge on any atom is 0.407 e. The molecule has 19 atom stereocenters. The lowest BCUT2D eigenvalue weighted by molar-refractivity contribution is -0.318. The topological polar surface area (TPSA) is 293 Å². The number of nitrogens with zero attached hydrogens (tertiary/aromatic N) is 3. The number of aryl methyl sites for hydroxylation is 2.